The minimum absolute atomic E-state index is 0.208. The summed E-state index contributed by atoms with van der Waals surface area (Å²) >= 11 is 1.72. The molecule has 0 radical (unpaired) electrons. The van der Waals surface area contributed by atoms with E-state index in [1.165, 1.54) is 23.4 Å². The van der Waals surface area contributed by atoms with Gasteiger partial charge in [-0.3, -0.25) is 19.3 Å². The highest BCUT2D eigenvalue weighted by atomic mass is 32.1. The third-order valence-electron chi connectivity index (χ3n) is 5.17. The molecule has 4 rings (SSSR count). The van der Waals surface area contributed by atoms with Crippen LogP contribution in [0.5, 0.6) is 0 Å². The molecule has 0 bridgehead atoms. The van der Waals surface area contributed by atoms with E-state index in [0.717, 1.165) is 22.7 Å². The average Bonchev–Trinajstić information content (AvgIpc) is 3.07. The lowest BCUT2D eigenvalue weighted by Gasteiger charge is -2.30. The number of fused-ring (bicyclic) bond motifs is 2. The van der Waals surface area contributed by atoms with Crippen molar-refractivity contribution in [1.29, 1.82) is 0 Å². The summed E-state index contributed by atoms with van der Waals surface area (Å²) in [5.74, 6) is -3.60. The van der Waals surface area contributed by atoms with E-state index in [-0.39, 0.29) is 12.1 Å². The third kappa shape index (κ3) is 3.27. The van der Waals surface area contributed by atoms with Gasteiger partial charge in [0.05, 0.1) is 10.7 Å². The van der Waals surface area contributed by atoms with Gasteiger partial charge in [0.2, 0.25) is 5.91 Å². The Morgan fingerprint density at radius 3 is 2.78 bits per heavy atom. The number of aryl methyl sites for hydroxylation is 3. The number of imide groups is 1. The highest BCUT2D eigenvalue weighted by molar-refractivity contribution is 7.11. The van der Waals surface area contributed by atoms with Gasteiger partial charge in [-0.2, -0.15) is 0 Å². The number of hydrogen-bond donors (Lipinski definition) is 1. The molecule has 0 saturated heterocycles. The molecule has 140 valence electrons. The number of carboxylic acids is 1. The molecule has 1 aromatic heterocycles. The number of carbonyl (C=O) groups excluding carboxylic acids is 2. The molecule has 2 amide bonds. The Balaban J connectivity index is 1.48. The van der Waals surface area contributed by atoms with Crippen LogP contribution in [0, 0.1) is 0 Å². The van der Waals surface area contributed by atoms with E-state index < -0.39 is 23.7 Å². The molecule has 1 aliphatic heterocycles. The molecule has 7 heteroatoms. The average molecular weight is 384 g/mol. The second kappa shape index (κ2) is 7.23. The first kappa shape index (κ1) is 17.9. The molecular formula is C20H20N2O4S. The standard InChI is InChI=1S/C20H20N2O4S/c23-18-13-7-2-1-6-12(13)17(20(25)26)19(24)22(18)11-5-10-16-21-14-8-3-4-9-15(14)27-16/h1-2,6-7,17H,3-5,8-11H2,(H,25,26). The number of benzene rings is 1. The molecule has 0 fully saturated rings. The number of carboxylic acid groups (broad SMARTS) is 1. The van der Waals surface area contributed by atoms with Gasteiger partial charge >= 0.3 is 5.97 Å². The van der Waals surface area contributed by atoms with Gasteiger partial charge in [-0.1, -0.05) is 18.2 Å². The minimum atomic E-state index is -1.31. The van der Waals surface area contributed by atoms with Crippen LogP contribution in [0.2, 0.25) is 0 Å². The van der Waals surface area contributed by atoms with E-state index in [9.17, 15) is 19.5 Å². The molecule has 27 heavy (non-hydrogen) atoms. The summed E-state index contributed by atoms with van der Waals surface area (Å²) in [5, 5.41) is 10.5. The number of thiazole rings is 1. The first-order valence-corrected chi connectivity index (χ1v) is 10.0. The predicted octanol–water partition coefficient (Wildman–Crippen LogP) is 2.81. The maximum absolute atomic E-state index is 12.7. The van der Waals surface area contributed by atoms with Gasteiger partial charge in [-0.15, -0.1) is 11.3 Å². The van der Waals surface area contributed by atoms with Crippen LogP contribution < -0.4 is 0 Å². The van der Waals surface area contributed by atoms with Crippen LogP contribution in [0.4, 0.5) is 0 Å². The molecule has 0 spiro atoms. The molecule has 1 unspecified atom stereocenters. The first-order chi connectivity index (χ1) is 13.1. The van der Waals surface area contributed by atoms with Crippen molar-refractivity contribution >= 4 is 29.1 Å². The smallest absolute Gasteiger partial charge is 0.320 e. The monoisotopic (exact) mass is 384 g/mol. The highest BCUT2D eigenvalue weighted by Gasteiger charge is 2.42. The highest BCUT2D eigenvalue weighted by Crippen LogP contribution is 2.31. The number of amides is 2. The van der Waals surface area contributed by atoms with Crippen molar-refractivity contribution in [3.8, 4) is 0 Å². The number of carbonyl (C=O) groups is 3. The number of aliphatic carboxylic acids is 1. The van der Waals surface area contributed by atoms with Crippen molar-refractivity contribution < 1.29 is 19.5 Å². The van der Waals surface area contributed by atoms with Crippen LogP contribution in [-0.4, -0.2) is 39.3 Å². The Hall–Kier alpha value is -2.54. The number of rotatable bonds is 5. The zero-order chi connectivity index (χ0) is 19.0. The van der Waals surface area contributed by atoms with Gasteiger partial charge in [-0.25, -0.2) is 4.98 Å². The number of hydrogen-bond acceptors (Lipinski definition) is 5. The first-order valence-electron chi connectivity index (χ1n) is 9.21. The number of aromatic nitrogens is 1. The second-order valence-corrected chi connectivity index (χ2v) is 8.11. The van der Waals surface area contributed by atoms with Crippen molar-refractivity contribution in [3.63, 3.8) is 0 Å². The van der Waals surface area contributed by atoms with Gasteiger partial charge in [0.25, 0.3) is 5.91 Å². The van der Waals surface area contributed by atoms with Gasteiger partial charge in [-0.05, 0) is 43.7 Å². The molecule has 1 aliphatic carbocycles. The van der Waals surface area contributed by atoms with Crippen molar-refractivity contribution in [2.24, 2.45) is 0 Å². The molecule has 0 saturated carbocycles. The van der Waals surface area contributed by atoms with Crippen LogP contribution in [0.25, 0.3) is 0 Å². The third-order valence-corrected chi connectivity index (χ3v) is 6.39. The molecule has 6 nitrogen and oxygen atoms in total. The van der Waals surface area contributed by atoms with Crippen molar-refractivity contribution in [2.45, 2.75) is 44.4 Å². The molecule has 2 aliphatic rings. The Bertz CT molecular complexity index is 897. The summed E-state index contributed by atoms with van der Waals surface area (Å²) in [5.41, 5.74) is 1.78. The maximum atomic E-state index is 12.7. The lowest BCUT2D eigenvalue weighted by Crippen LogP contribution is -2.47. The minimum Gasteiger partial charge on any atom is -0.480 e. The SMILES string of the molecule is O=C(O)C1C(=O)N(CCCc2nc3c(s2)CCCC3)C(=O)c2ccccc21. The maximum Gasteiger partial charge on any atom is 0.320 e. The Morgan fingerprint density at radius 1 is 1.22 bits per heavy atom. The Labute approximate surface area is 160 Å². The van der Waals surface area contributed by atoms with E-state index in [1.807, 2.05) is 0 Å². The van der Waals surface area contributed by atoms with Crippen LogP contribution in [0.15, 0.2) is 24.3 Å². The van der Waals surface area contributed by atoms with Gasteiger partial charge in [0.1, 0.15) is 0 Å². The largest absolute Gasteiger partial charge is 0.480 e. The van der Waals surface area contributed by atoms with Crippen LogP contribution in [0.1, 0.15) is 56.7 Å². The topological polar surface area (TPSA) is 87.6 Å². The summed E-state index contributed by atoms with van der Waals surface area (Å²) in [7, 11) is 0. The fourth-order valence-corrected chi connectivity index (χ4v) is 5.03. The van der Waals surface area contributed by atoms with Crippen LogP contribution >= 0.6 is 11.3 Å². The second-order valence-electron chi connectivity index (χ2n) is 6.94. The van der Waals surface area contributed by atoms with E-state index in [4.69, 9.17) is 0 Å². The van der Waals surface area contributed by atoms with Crippen LogP contribution in [-0.2, 0) is 28.9 Å². The summed E-state index contributed by atoms with van der Waals surface area (Å²) in [6, 6.07) is 6.46. The fourth-order valence-electron chi connectivity index (χ4n) is 3.83. The fraction of sp³-hybridized carbons (Fsp3) is 0.400. The molecule has 1 atom stereocenters. The lowest BCUT2D eigenvalue weighted by molar-refractivity contribution is -0.146. The lowest BCUT2D eigenvalue weighted by atomic mass is 9.88. The van der Waals surface area contributed by atoms with Crippen molar-refractivity contribution in [2.75, 3.05) is 6.54 Å². The molecule has 2 aromatic rings. The normalized spacial score (nSPS) is 19.0. The summed E-state index contributed by atoms with van der Waals surface area (Å²) in [6.07, 6.45) is 5.79. The van der Waals surface area contributed by atoms with E-state index in [0.29, 0.717) is 18.4 Å². The zero-order valence-corrected chi connectivity index (χ0v) is 15.6. The Kier molecular flexibility index (Phi) is 4.78. The van der Waals surface area contributed by atoms with Gasteiger partial charge in [0, 0.05) is 23.4 Å². The van der Waals surface area contributed by atoms with E-state index in [1.54, 1.807) is 35.6 Å². The van der Waals surface area contributed by atoms with E-state index >= 15 is 0 Å². The van der Waals surface area contributed by atoms with Crippen molar-refractivity contribution in [3.05, 3.63) is 51.0 Å². The molecule has 1 aromatic carbocycles. The van der Waals surface area contributed by atoms with Crippen molar-refractivity contribution in [1.82, 2.24) is 9.88 Å². The Morgan fingerprint density at radius 2 is 2.00 bits per heavy atom. The summed E-state index contributed by atoms with van der Waals surface area (Å²) < 4.78 is 0. The molecule has 1 N–H and O–H groups in total. The quantitative estimate of drug-likeness (QED) is 0.633. The predicted molar refractivity (Wildman–Crippen MR) is 99.9 cm³/mol. The molecular weight excluding hydrogens is 364 g/mol. The van der Waals surface area contributed by atoms with E-state index in [2.05, 4.69) is 4.98 Å². The summed E-state index contributed by atoms with van der Waals surface area (Å²) in [4.78, 5) is 44.1. The zero-order valence-electron chi connectivity index (χ0n) is 14.8. The van der Waals surface area contributed by atoms with Crippen LogP contribution in [0.3, 0.4) is 0 Å². The number of nitrogens with zero attached hydrogens (tertiary/aromatic N) is 2. The van der Waals surface area contributed by atoms with Gasteiger partial charge < -0.3 is 5.11 Å². The molecule has 2 heterocycles. The summed E-state index contributed by atoms with van der Waals surface area (Å²) in [6.45, 7) is 0.208. The van der Waals surface area contributed by atoms with Gasteiger partial charge in [0.15, 0.2) is 5.92 Å².